The molecule has 0 unspecified atom stereocenters. The Hall–Kier alpha value is -1.99. The fraction of sp³-hybridized carbons (Fsp3) is 0.0526. The Kier molecular flexibility index (Phi) is 3.89. The molecular weight excluding hydrogens is 260 g/mol. The minimum atomic E-state index is 1.28. The fourth-order valence-corrected chi connectivity index (χ4v) is 3.20. The average Bonchev–Trinajstić information content (AvgIpc) is 2.49. The molecule has 0 aliphatic carbocycles. The largest absolute Gasteiger partial charge is 0.0901 e. The Morgan fingerprint density at radius 1 is 0.650 bits per heavy atom. The summed E-state index contributed by atoms with van der Waals surface area (Å²) < 4.78 is 0. The minimum Gasteiger partial charge on any atom is -0.0901 e. The minimum absolute atomic E-state index is 1.28. The van der Waals surface area contributed by atoms with E-state index in [1.807, 2.05) is 6.07 Å². The van der Waals surface area contributed by atoms with Crippen molar-refractivity contribution < 1.29 is 0 Å². The molecule has 0 bridgehead atoms. The van der Waals surface area contributed by atoms with E-state index in [0.29, 0.717) is 0 Å². The molecule has 0 saturated carbocycles. The van der Waals surface area contributed by atoms with Gasteiger partial charge in [-0.25, -0.2) is 0 Å². The van der Waals surface area contributed by atoms with Crippen molar-refractivity contribution in [3.63, 3.8) is 0 Å². The van der Waals surface area contributed by atoms with Crippen LogP contribution in [0.1, 0.15) is 5.56 Å². The summed E-state index contributed by atoms with van der Waals surface area (Å²) in [6.45, 7) is 2.18. The van der Waals surface area contributed by atoms with Crippen LogP contribution in [0.2, 0.25) is 0 Å². The van der Waals surface area contributed by atoms with Gasteiger partial charge in [0.05, 0.1) is 0 Å². The zero-order valence-electron chi connectivity index (χ0n) is 11.4. The predicted molar refractivity (Wildman–Crippen MR) is 87.2 cm³/mol. The van der Waals surface area contributed by atoms with Gasteiger partial charge in [-0.05, 0) is 47.9 Å². The van der Waals surface area contributed by atoms with Crippen molar-refractivity contribution in [1.82, 2.24) is 0 Å². The molecule has 0 saturated heterocycles. The topological polar surface area (TPSA) is 0 Å². The summed E-state index contributed by atoms with van der Waals surface area (Å²) in [6, 6.07) is 27.7. The molecule has 3 aromatic rings. The maximum Gasteiger partial charge on any atom is 0.0125 e. The summed E-state index contributed by atoms with van der Waals surface area (Å²) in [5.41, 5.74) is 3.90. The van der Waals surface area contributed by atoms with Crippen LogP contribution in [0.15, 0.2) is 88.7 Å². The highest BCUT2D eigenvalue weighted by molar-refractivity contribution is 7.99. The monoisotopic (exact) mass is 276 g/mol. The first-order chi connectivity index (χ1) is 9.83. The van der Waals surface area contributed by atoms with Gasteiger partial charge in [0, 0.05) is 9.79 Å². The van der Waals surface area contributed by atoms with Crippen molar-refractivity contribution >= 4 is 11.8 Å². The maximum atomic E-state index is 2.26. The van der Waals surface area contributed by atoms with Crippen LogP contribution in [0.3, 0.4) is 0 Å². The summed E-state index contributed by atoms with van der Waals surface area (Å²) in [4.78, 5) is 2.56. The molecule has 0 nitrogen and oxygen atoms in total. The van der Waals surface area contributed by atoms with Crippen LogP contribution in [0.5, 0.6) is 0 Å². The van der Waals surface area contributed by atoms with Crippen LogP contribution in [-0.4, -0.2) is 0 Å². The van der Waals surface area contributed by atoms with Gasteiger partial charge in [-0.1, -0.05) is 66.4 Å². The van der Waals surface area contributed by atoms with Crippen LogP contribution in [0.4, 0.5) is 0 Å². The number of hydrogen-bond donors (Lipinski definition) is 0. The molecule has 0 spiro atoms. The van der Waals surface area contributed by atoms with E-state index in [4.69, 9.17) is 0 Å². The van der Waals surface area contributed by atoms with Crippen molar-refractivity contribution in [2.75, 3.05) is 0 Å². The molecule has 3 aromatic carbocycles. The Morgan fingerprint density at radius 2 is 1.30 bits per heavy atom. The van der Waals surface area contributed by atoms with Gasteiger partial charge in [-0.3, -0.25) is 0 Å². The molecule has 0 N–H and O–H groups in total. The standard InChI is InChI=1S/C19H16S/c1-15-14-18(20-17-10-6-3-7-11-17)12-13-19(15)16-8-4-2-5-9-16/h2-14H,1H3. The SMILES string of the molecule is Cc1cc(Sc2ccccc2)ccc1-c1ccccc1. The van der Waals surface area contributed by atoms with Gasteiger partial charge in [-0.15, -0.1) is 0 Å². The summed E-state index contributed by atoms with van der Waals surface area (Å²) >= 11 is 1.81. The highest BCUT2D eigenvalue weighted by Gasteiger charge is 2.03. The van der Waals surface area contributed by atoms with Gasteiger partial charge in [0.1, 0.15) is 0 Å². The smallest absolute Gasteiger partial charge is 0.0125 e. The van der Waals surface area contributed by atoms with Crippen molar-refractivity contribution in [2.24, 2.45) is 0 Å². The quantitative estimate of drug-likeness (QED) is 0.581. The number of aryl methyl sites for hydroxylation is 1. The second-order valence-electron chi connectivity index (χ2n) is 4.76. The third kappa shape index (κ3) is 2.94. The van der Waals surface area contributed by atoms with E-state index < -0.39 is 0 Å². The zero-order valence-corrected chi connectivity index (χ0v) is 12.2. The third-order valence-electron chi connectivity index (χ3n) is 3.26. The van der Waals surface area contributed by atoms with Crippen LogP contribution in [-0.2, 0) is 0 Å². The van der Waals surface area contributed by atoms with E-state index in [1.54, 1.807) is 11.8 Å². The van der Waals surface area contributed by atoms with Gasteiger partial charge < -0.3 is 0 Å². The van der Waals surface area contributed by atoms with E-state index in [9.17, 15) is 0 Å². The van der Waals surface area contributed by atoms with Crippen molar-refractivity contribution in [3.05, 3.63) is 84.4 Å². The lowest BCUT2D eigenvalue weighted by Gasteiger charge is -2.08. The van der Waals surface area contributed by atoms with Crippen LogP contribution < -0.4 is 0 Å². The van der Waals surface area contributed by atoms with Crippen molar-refractivity contribution in [3.8, 4) is 11.1 Å². The van der Waals surface area contributed by atoms with E-state index in [0.717, 1.165) is 0 Å². The Balaban J connectivity index is 1.88. The van der Waals surface area contributed by atoms with Gasteiger partial charge in [0.25, 0.3) is 0 Å². The highest BCUT2D eigenvalue weighted by Crippen LogP contribution is 2.31. The molecule has 0 aliphatic heterocycles. The molecule has 1 heteroatoms. The van der Waals surface area contributed by atoms with Crippen LogP contribution in [0.25, 0.3) is 11.1 Å². The Morgan fingerprint density at radius 3 is 1.95 bits per heavy atom. The first-order valence-electron chi connectivity index (χ1n) is 6.72. The highest BCUT2D eigenvalue weighted by atomic mass is 32.2. The van der Waals surface area contributed by atoms with Gasteiger partial charge in [0.15, 0.2) is 0 Å². The molecule has 0 amide bonds. The van der Waals surface area contributed by atoms with E-state index in [2.05, 4.69) is 79.7 Å². The summed E-state index contributed by atoms with van der Waals surface area (Å²) in [5.74, 6) is 0. The zero-order chi connectivity index (χ0) is 13.8. The molecule has 98 valence electrons. The lowest BCUT2D eigenvalue weighted by Crippen LogP contribution is -1.84. The van der Waals surface area contributed by atoms with E-state index in [-0.39, 0.29) is 0 Å². The summed E-state index contributed by atoms with van der Waals surface area (Å²) in [7, 11) is 0. The lowest BCUT2D eigenvalue weighted by molar-refractivity contribution is 1.34. The van der Waals surface area contributed by atoms with Crippen LogP contribution >= 0.6 is 11.8 Å². The second-order valence-corrected chi connectivity index (χ2v) is 5.90. The van der Waals surface area contributed by atoms with Crippen molar-refractivity contribution in [1.29, 1.82) is 0 Å². The van der Waals surface area contributed by atoms with Crippen molar-refractivity contribution in [2.45, 2.75) is 16.7 Å². The molecule has 0 fully saturated rings. The number of rotatable bonds is 3. The van der Waals surface area contributed by atoms with Gasteiger partial charge in [0.2, 0.25) is 0 Å². The molecule has 0 aromatic heterocycles. The number of hydrogen-bond acceptors (Lipinski definition) is 1. The maximum absolute atomic E-state index is 2.26. The van der Waals surface area contributed by atoms with Gasteiger partial charge in [-0.2, -0.15) is 0 Å². The Bertz CT molecular complexity index is 687. The lowest BCUT2D eigenvalue weighted by atomic mass is 10.0. The van der Waals surface area contributed by atoms with Gasteiger partial charge >= 0.3 is 0 Å². The molecule has 0 heterocycles. The molecule has 20 heavy (non-hydrogen) atoms. The summed E-state index contributed by atoms with van der Waals surface area (Å²) in [5, 5.41) is 0. The molecular formula is C19H16S. The van der Waals surface area contributed by atoms with E-state index in [1.165, 1.54) is 26.5 Å². The normalized spacial score (nSPS) is 10.4. The molecule has 0 atom stereocenters. The first kappa shape index (κ1) is 13.0. The average molecular weight is 276 g/mol. The summed E-state index contributed by atoms with van der Waals surface area (Å²) in [6.07, 6.45) is 0. The fourth-order valence-electron chi connectivity index (χ4n) is 2.27. The Labute approximate surface area is 124 Å². The number of benzene rings is 3. The second kappa shape index (κ2) is 5.98. The van der Waals surface area contributed by atoms with Crippen LogP contribution in [0, 0.1) is 6.92 Å². The molecule has 0 aliphatic rings. The predicted octanol–water partition coefficient (Wildman–Crippen LogP) is 5.81. The molecule has 3 rings (SSSR count). The molecule has 0 radical (unpaired) electrons. The first-order valence-corrected chi connectivity index (χ1v) is 7.53. The third-order valence-corrected chi connectivity index (χ3v) is 4.26. The van der Waals surface area contributed by atoms with E-state index >= 15 is 0 Å².